The van der Waals surface area contributed by atoms with Crippen LogP contribution in [0.2, 0.25) is 0 Å². The molecule has 12 heavy (non-hydrogen) atoms. The van der Waals surface area contributed by atoms with Crippen LogP contribution in [0.25, 0.3) is 0 Å². The number of hydrogen-bond acceptors (Lipinski definition) is 2. The van der Waals surface area contributed by atoms with E-state index in [4.69, 9.17) is 4.74 Å². The van der Waals surface area contributed by atoms with Crippen LogP contribution in [-0.2, 0) is 13.0 Å². The molecule has 0 bridgehead atoms. The molecule has 1 aromatic rings. The molecular formula is C9H14N2O. The van der Waals surface area contributed by atoms with Crippen molar-refractivity contribution in [2.75, 3.05) is 6.61 Å². The van der Waals surface area contributed by atoms with Crippen molar-refractivity contribution in [2.45, 2.75) is 32.7 Å². The second-order valence-corrected chi connectivity index (χ2v) is 3.09. The first kappa shape index (κ1) is 7.65. The van der Waals surface area contributed by atoms with Crippen LogP contribution in [0, 0.1) is 0 Å². The Hall–Kier alpha value is -0.990. The zero-order chi connectivity index (χ0) is 8.39. The molecule has 3 nitrogen and oxygen atoms in total. The van der Waals surface area contributed by atoms with Crippen molar-refractivity contribution in [3.63, 3.8) is 0 Å². The highest BCUT2D eigenvalue weighted by Crippen LogP contribution is 2.18. The molecule has 1 aliphatic heterocycles. The number of rotatable bonds is 2. The monoisotopic (exact) mass is 166 g/mol. The first-order valence-electron chi connectivity index (χ1n) is 4.59. The smallest absolute Gasteiger partial charge is 0.232 e. The summed E-state index contributed by atoms with van der Waals surface area (Å²) in [6.45, 7) is 3.75. The number of aryl methyl sites for hydroxylation is 2. The molecule has 1 aliphatic rings. The van der Waals surface area contributed by atoms with Gasteiger partial charge in [0.1, 0.15) is 0 Å². The van der Waals surface area contributed by atoms with Gasteiger partial charge in [0.2, 0.25) is 5.88 Å². The molecule has 0 saturated carbocycles. The van der Waals surface area contributed by atoms with Gasteiger partial charge in [-0.05, 0) is 26.2 Å². The summed E-state index contributed by atoms with van der Waals surface area (Å²) >= 11 is 0. The Morgan fingerprint density at radius 1 is 1.58 bits per heavy atom. The predicted molar refractivity (Wildman–Crippen MR) is 46.3 cm³/mol. The first-order valence-corrected chi connectivity index (χ1v) is 4.59. The molecule has 0 amide bonds. The maximum atomic E-state index is 5.33. The third-order valence-electron chi connectivity index (χ3n) is 2.19. The van der Waals surface area contributed by atoms with Crippen LogP contribution in [0.15, 0.2) is 6.07 Å². The van der Waals surface area contributed by atoms with Gasteiger partial charge < -0.3 is 4.74 Å². The topological polar surface area (TPSA) is 27.1 Å². The fourth-order valence-electron chi connectivity index (χ4n) is 1.61. The Morgan fingerprint density at radius 2 is 2.50 bits per heavy atom. The van der Waals surface area contributed by atoms with Gasteiger partial charge in [0.05, 0.1) is 6.61 Å². The minimum Gasteiger partial charge on any atom is -0.477 e. The average Bonchev–Trinajstić information content (AvgIpc) is 2.47. The van der Waals surface area contributed by atoms with Gasteiger partial charge in [0.25, 0.3) is 0 Å². The molecule has 0 unspecified atom stereocenters. The van der Waals surface area contributed by atoms with Gasteiger partial charge in [-0.15, -0.1) is 5.10 Å². The Labute approximate surface area is 72.3 Å². The van der Waals surface area contributed by atoms with Crippen LogP contribution < -0.4 is 4.74 Å². The van der Waals surface area contributed by atoms with Crippen LogP contribution in [-0.4, -0.2) is 16.4 Å². The van der Waals surface area contributed by atoms with Gasteiger partial charge in [-0.1, -0.05) is 0 Å². The van der Waals surface area contributed by atoms with E-state index in [0.717, 1.165) is 18.8 Å². The largest absolute Gasteiger partial charge is 0.477 e. The molecular weight excluding hydrogens is 152 g/mol. The summed E-state index contributed by atoms with van der Waals surface area (Å²) in [5.74, 6) is 0.786. The molecule has 0 spiro atoms. The highest BCUT2D eigenvalue weighted by Gasteiger charge is 2.11. The third-order valence-corrected chi connectivity index (χ3v) is 2.19. The maximum absolute atomic E-state index is 5.33. The molecule has 0 N–H and O–H groups in total. The van der Waals surface area contributed by atoms with Crippen molar-refractivity contribution in [1.82, 2.24) is 9.78 Å². The van der Waals surface area contributed by atoms with Crippen molar-refractivity contribution in [2.24, 2.45) is 0 Å². The number of nitrogens with zero attached hydrogens (tertiary/aromatic N) is 2. The summed E-state index contributed by atoms with van der Waals surface area (Å²) in [5, 5.41) is 4.33. The molecule has 66 valence electrons. The zero-order valence-corrected chi connectivity index (χ0v) is 7.42. The lowest BCUT2D eigenvalue weighted by molar-refractivity contribution is 0.320. The zero-order valence-electron chi connectivity index (χ0n) is 7.42. The van der Waals surface area contributed by atoms with E-state index in [1.54, 1.807) is 0 Å². The van der Waals surface area contributed by atoms with Crippen LogP contribution in [0.4, 0.5) is 0 Å². The van der Waals surface area contributed by atoms with Crippen molar-refractivity contribution in [3.05, 3.63) is 11.8 Å². The van der Waals surface area contributed by atoms with Crippen LogP contribution in [0.1, 0.15) is 25.5 Å². The van der Waals surface area contributed by atoms with Crippen LogP contribution >= 0.6 is 0 Å². The van der Waals surface area contributed by atoms with Crippen LogP contribution in [0.5, 0.6) is 5.88 Å². The molecule has 0 radical (unpaired) electrons. The Bertz CT molecular complexity index is 244. The normalized spacial score (nSPS) is 15.8. The van der Waals surface area contributed by atoms with Gasteiger partial charge in [-0.3, -0.25) is 4.68 Å². The molecule has 0 atom stereocenters. The summed E-state index contributed by atoms with van der Waals surface area (Å²) in [4.78, 5) is 0. The lowest BCUT2D eigenvalue weighted by atomic mass is 10.1. The standard InChI is InChI=1S/C9H14N2O/c1-2-12-9-7-8-5-3-4-6-11(8)10-9/h7H,2-6H2,1H3. The Balaban J connectivity index is 2.20. The van der Waals surface area contributed by atoms with Crippen molar-refractivity contribution in [3.8, 4) is 5.88 Å². The Morgan fingerprint density at radius 3 is 3.25 bits per heavy atom. The van der Waals surface area contributed by atoms with E-state index >= 15 is 0 Å². The first-order chi connectivity index (χ1) is 5.90. The summed E-state index contributed by atoms with van der Waals surface area (Å²) in [6, 6.07) is 2.06. The molecule has 0 aromatic carbocycles. The minimum absolute atomic E-state index is 0.705. The molecule has 0 fully saturated rings. The van der Waals surface area contributed by atoms with Gasteiger partial charge in [-0.2, -0.15) is 0 Å². The Kier molecular flexibility index (Phi) is 2.02. The highest BCUT2D eigenvalue weighted by atomic mass is 16.5. The van der Waals surface area contributed by atoms with E-state index in [1.807, 2.05) is 6.92 Å². The molecule has 0 saturated heterocycles. The number of ether oxygens (including phenoxy) is 1. The maximum Gasteiger partial charge on any atom is 0.232 e. The van der Waals surface area contributed by atoms with E-state index in [-0.39, 0.29) is 0 Å². The summed E-state index contributed by atoms with van der Waals surface area (Å²) in [7, 11) is 0. The molecule has 1 aromatic heterocycles. The second-order valence-electron chi connectivity index (χ2n) is 3.09. The third kappa shape index (κ3) is 1.31. The summed E-state index contributed by atoms with van der Waals surface area (Å²) < 4.78 is 7.39. The number of hydrogen-bond donors (Lipinski definition) is 0. The number of fused-ring (bicyclic) bond motifs is 1. The molecule has 0 aliphatic carbocycles. The van der Waals surface area contributed by atoms with Gasteiger partial charge in [-0.25, -0.2) is 0 Å². The van der Waals surface area contributed by atoms with Gasteiger partial charge in [0.15, 0.2) is 0 Å². The fraction of sp³-hybridized carbons (Fsp3) is 0.667. The van der Waals surface area contributed by atoms with E-state index < -0.39 is 0 Å². The lowest BCUT2D eigenvalue weighted by Crippen LogP contribution is -2.10. The molecule has 3 heteroatoms. The van der Waals surface area contributed by atoms with E-state index in [1.165, 1.54) is 18.5 Å². The average molecular weight is 166 g/mol. The second kappa shape index (κ2) is 3.17. The van der Waals surface area contributed by atoms with Gasteiger partial charge >= 0.3 is 0 Å². The highest BCUT2D eigenvalue weighted by molar-refractivity contribution is 5.16. The molecule has 2 heterocycles. The van der Waals surface area contributed by atoms with E-state index in [0.29, 0.717) is 6.61 Å². The van der Waals surface area contributed by atoms with E-state index in [9.17, 15) is 0 Å². The summed E-state index contributed by atoms with van der Waals surface area (Å²) in [5.41, 5.74) is 1.32. The fourth-order valence-corrected chi connectivity index (χ4v) is 1.61. The van der Waals surface area contributed by atoms with Gasteiger partial charge in [0, 0.05) is 18.3 Å². The minimum atomic E-state index is 0.705. The molecule has 2 rings (SSSR count). The van der Waals surface area contributed by atoms with Crippen molar-refractivity contribution >= 4 is 0 Å². The predicted octanol–water partition coefficient (Wildman–Crippen LogP) is 1.62. The summed E-state index contributed by atoms with van der Waals surface area (Å²) in [6.07, 6.45) is 3.69. The van der Waals surface area contributed by atoms with Crippen molar-refractivity contribution < 1.29 is 4.74 Å². The lowest BCUT2D eigenvalue weighted by Gasteiger charge is -2.11. The van der Waals surface area contributed by atoms with Crippen LogP contribution in [0.3, 0.4) is 0 Å². The SMILES string of the molecule is CCOc1cc2n(n1)CCCC2. The number of aromatic nitrogens is 2. The van der Waals surface area contributed by atoms with Crippen molar-refractivity contribution in [1.29, 1.82) is 0 Å². The quantitative estimate of drug-likeness (QED) is 0.667. The van der Waals surface area contributed by atoms with E-state index in [2.05, 4.69) is 15.8 Å².